The first-order chi connectivity index (χ1) is 9.24. The van der Waals surface area contributed by atoms with Gasteiger partial charge in [0, 0.05) is 19.0 Å². The van der Waals surface area contributed by atoms with E-state index in [9.17, 15) is 5.11 Å². The molecule has 0 radical (unpaired) electrons. The number of aryl methyl sites for hydroxylation is 1. The highest BCUT2D eigenvalue weighted by Crippen LogP contribution is 2.22. The third-order valence-electron chi connectivity index (χ3n) is 4.01. The summed E-state index contributed by atoms with van der Waals surface area (Å²) < 4.78 is 0. The fourth-order valence-corrected chi connectivity index (χ4v) is 3.79. The van der Waals surface area contributed by atoms with Crippen molar-refractivity contribution < 1.29 is 5.11 Å². The van der Waals surface area contributed by atoms with Gasteiger partial charge in [-0.3, -0.25) is 0 Å². The van der Waals surface area contributed by atoms with Crippen molar-refractivity contribution >= 4 is 11.3 Å². The monoisotopic (exact) mass is 282 g/mol. The second-order valence-electron chi connectivity index (χ2n) is 5.52. The zero-order chi connectivity index (χ0) is 13.7. The number of nitrogens with zero attached hydrogens (tertiary/aromatic N) is 2. The predicted molar refractivity (Wildman–Crippen MR) is 80.6 cm³/mol. The van der Waals surface area contributed by atoms with Crippen LogP contribution in [0.1, 0.15) is 55.1 Å². The Kier molecular flexibility index (Phi) is 5.79. The fourth-order valence-electron chi connectivity index (χ4n) is 2.83. The average molecular weight is 282 g/mol. The molecule has 2 heterocycles. The van der Waals surface area contributed by atoms with Crippen molar-refractivity contribution in [3.05, 3.63) is 15.6 Å². The molecule has 1 unspecified atom stereocenters. The molecule has 1 saturated heterocycles. The minimum atomic E-state index is 0.146. The highest BCUT2D eigenvalue weighted by molar-refractivity contribution is 7.11. The predicted octanol–water partition coefficient (Wildman–Crippen LogP) is 3.00. The molecule has 0 bridgehead atoms. The molecule has 1 aromatic rings. The number of rotatable bonds is 6. The van der Waals surface area contributed by atoms with Gasteiger partial charge in [0.1, 0.15) is 0 Å². The van der Waals surface area contributed by atoms with Crippen LogP contribution in [0.3, 0.4) is 0 Å². The number of hydrogen-bond donors (Lipinski definition) is 1. The number of aliphatic hydroxyl groups is 1. The van der Waals surface area contributed by atoms with E-state index in [2.05, 4.69) is 18.7 Å². The molecule has 2 rings (SSSR count). The number of likely N-dealkylation sites (tertiary alicyclic amines) is 1. The van der Waals surface area contributed by atoms with Crippen LogP contribution in [0.25, 0.3) is 0 Å². The molecule has 4 heteroatoms. The Hall–Kier alpha value is -0.450. The first-order valence-corrected chi connectivity index (χ1v) is 8.38. The average Bonchev–Trinajstić information content (AvgIpc) is 2.81. The summed E-state index contributed by atoms with van der Waals surface area (Å²) in [6.45, 7) is 7.00. The van der Waals surface area contributed by atoms with Gasteiger partial charge in [0.05, 0.1) is 22.2 Å². The van der Waals surface area contributed by atoms with Crippen molar-refractivity contribution in [2.45, 2.75) is 65.0 Å². The highest BCUT2D eigenvalue weighted by atomic mass is 32.1. The SMILES string of the molecule is CCCc1nc(CCN2CCCCC2C)sc1CO. The Balaban J connectivity index is 1.91. The van der Waals surface area contributed by atoms with Gasteiger partial charge < -0.3 is 10.0 Å². The van der Waals surface area contributed by atoms with Crippen molar-refractivity contribution in [3.8, 4) is 0 Å². The molecule has 19 heavy (non-hydrogen) atoms. The maximum Gasteiger partial charge on any atom is 0.0944 e. The standard InChI is InChI=1S/C15H26N2OS/c1-3-6-13-14(11-18)19-15(16-13)8-10-17-9-5-4-7-12(17)2/h12,18H,3-11H2,1-2H3. The van der Waals surface area contributed by atoms with E-state index >= 15 is 0 Å². The summed E-state index contributed by atoms with van der Waals surface area (Å²) in [5.74, 6) is 0. The summed E-state index contributed by atoms with van der Waals surface area (Å²) in [7, 11) is 0. The molecule has 108 valence electrons. The van der Waals surface area contributed by atoms with E-state index in [1.165, 1.54) is 30.8 Å². The van der Waals surface area contributed by atoms with Crippen LogP contribution in [-0.4, -0.2) is 34.1 Å². The van der Waals surface area contributed by atoms with Gasteiger partial charge in [-0.2, -0.15) is 0 Å². The van der Waals surface area contributed by atoms with Gasteiger partial charge in [0.2, 0.25) is 0 Å². The van der Waals surface area contributed by atoms with Gasteiger partial charge in [-0.15, -0.1) is 11.3 Å². The number of thiazole rings is 1. The number of piperidine rings is 1. The van der Waals surface area contributed by atoms with E-state index in [-0.39, 0.29) is 6.61 Å². The molecule has 0 spiro atoms. The number of hydrogen-bond acceptors (Lipinski definition) is 4. The lowest BCUT2D eigenvalue weighted by molar-refractivity contribution is 0.163. The number of aromatic nitrogens is 1. The topological polar surface area (TPSA) is 36.4 Å². The van der Waals surface area contributed by atoms with Gasteiger partial charge in [-0.05, 0) is 32.7 Å². The van der Waals surface area contributed by atoms with E-state index in [0.717, 1.165) is 42.4 Å². The molecular formula is C15H26N2OS. The summed E-state index contributed by atoms with van der Waals surface area (Å²) in [6, 6.07) is 0.723. The van der Waals surface area contributed by atoms with Gasteiger partial charge in [-0.1, -0.05) is 19.8 Å². The van der Waals surface area contributed by atoms with Crippen LogP contribution in [0.2, 0.25) is 0 Å². The molecule has 1 aliphatic rings. The van der Waals surface area contributed by atoms with Crippen molar-refractivity contribution in [2.75, 3.05) is 13.1 Å². The van der Waals surface area contributed by atoms with Crippen LogP contribution in [0.5, 0.6) is 0 Å². The molecule has 3 nitrogen and oxygen atoms in total. The lowest BCUT2D eigenvalue weighted by Gasteiger charge is -2.33. The lowest BCUT2D eigenvalue weighted by Crippen LogP contribution is -2.38. The van der Waals surface area contributed by atoms with E-state index in [1.54, 1.807) is 11.3 Å². The smallest absolute Gasteiger partial charge is 0.0944 e. The highest BCUT2D eigenvalue weighted by Gasteiger charge is 2.18. The maximum atomic E-state index is 9.38. The fraction of sp³-hybridized carbons (Fsp3) is 0.800. The van der Waals surface area contributed by atoms with Crippen LogP contribution in [0, 0.1) is 0 Å². The molecule has 1 N–H and O–H groups in total. The number of aliphatic hydroxyl groups excluding tert-OH is 1. The summed E-state index contributed by atoms with van der Waals surface area (Å²) >= 11 is 1.70. The minimum absolute atomic E-state index is 0.146. The first kappa shape index (κ1) is 14.9. The van der Waals surface area contributed by atoms with E-state index in [1.807, 2.05) is 0 Å². The molecule has 0 saturated carbocycles. The molecule has 1 aliphatic heterocycles. The van der Waals surface area contributed by atoms with Crippen LogP contribution >= 0.6 is 11.3 Å². The quantitative estimate of drug-likeness (QED) is 0.871. The van der Waals surface area contributed by atoms with Crippen molar-refractivity contribution in [1.82, 2.24) is 9.88 Å². The van der Waals surface area contributed by atoms with Crippen LogP contribution < -0.4 is 0 Å². The molecular weight excluding hydrogens is 256 g/mol. The van der Waals surface area contributed by atoms with Gasteiger partial charge in [0.25, 0.3) is 0 Å². The normalized spacial score (nSPS) is 20.9. The summed E-state index contributed by atoms with van der Waals surface area (Å²) in [4.78, 5) is 8.37. The molecule has 0 amide bonds. The van der Waals surface area contributed by atoms with Gasteiger partial charge in [-0.25, -0.2) is 4.98 Å². The lowest BCUT2D eigenvalue weighted by atomic mass is 10.0. The third kappa shape index (κ3) is 4.01. The Morgan fingerprint density at radius 2 is 2.21 bits per heavy atom. The van der Waals surface area contributed by atoms with Crippen molar-refractivity contribution in [3.63, 3.8) is 0 Å². The Bertz CT molecular complexity index is 391. The second-order valence-corrected chi connectivity index (χ2v) is 6.68. The summed E-state index contributed by atoms with van der Waals surface area (Å²) in [6.07, 6.45) is 7.17. The summed E-state index contributed by atoms with van der Waals surface area (Å²) in [5.41, 5.74) is 1.12. The zero-order valence-electron chi connectivity index (χ0n) is 12.2. The third-order valence-corrected chi connectivity index (χ3v) is 5.15. The Morgan fingerprint density at radius 3 is 2.89 bits per heavy atom. The van der Waals surface area contributed by atoms with Crippen LogP contribution in [-0.2, 0) is 19.4 Å². The maximum absolute atomic E-state index is 9.38. The largest absolute Gasteiger partial charge is 0.391 e. The molecule has 1 atom stereocenters. The van der Waals surface area contributed by atoms with Crippen molar-refractivity contribution in [2.24, 2.45) is 0 Å². The van der Waals surface area contributed by atoms with Crippen molar-refractivity contribution in [1.29, 1.82) is 0 Å². The Labute approximate surface area is 120 Å². The zero-order valence-corrected chi connectivity index (χ0v) is 13.0. The van der Waals surface area contributed by atoms with E-state index in [4.69, 9.17) is 4.98 Å². The van der Waals surface area contributed by atoms with E-state index in [0.29, 0.717) is 0 Å². The molecule has 1 aromatic heterocycles. The summed E-state index contributed by atoms with van der Waals surface area (Å²) in [5, 5.41) is 10.6. The molecule has 0 aromatic carbocycles. The Morgan fingerprint density at radius 1 is 1.37 bits per heavy atom. The minimum Gasteiger partial charge on any atom is -0.391 e. The second kappa shape index (κ2) is 7.36. The molecule has 1 fully saturated rings. The van der Waals surface area contributed by atoms with E-state index < -0.39 is 0 Å². The first-order valence-electron chi connectivity index (χ1n) is 7.57. The van der Waals surface area contributed by atoms with Crippen LogP contribution in [0.15, 0.2) is 0 Å². The van der Waals surface area contributed by atoms with Gasteiger partial charge in [0.15, 0.2) is 0 Å². The van der Waals surface area contributed by atoms with Gasteiger partial charge >= 0.3 is 0 Å². The van der Waals surface area contributed by atoms with Crippen LogP contribution in [0.4, 0.5) is 0 Å². The molecule has 0 aliphatic carbocycles.